The van der Waals surface area contributed by atoms with Gasteiger partial charge in [0.2, 0.25) is 0 Å². The molecule has 2 aliphatic rings. The monoisotopic (exact) mass is 570 g/mol. The molecule has 7 nitrogen and oxygen atoms in total. The van der Waals surface area contributed by atoms with E-state index in [1.165, 1.54) is 4.90 Å². The summed E-state index contributed by atoms with van der Waals surface area (Å²) < 4.78 is 0.554. The first kappa shape index (κ1) is 29.9. The zero-order valence-electron chi connectivity index (χ0n) is 22.6. The smallest absolute Gasteiger partial charge is 0.265 e. The first-order valence-electron chi connectivity index (χ1n) is 13.0. The van der Waals surface area contributed by atoms with Crippen molar-refractivity contribution in [1.29, 1.82) is 0 Å². The Morgan fingerprint density at radius 1 is 1.00 bits per heavy atom. The molecule has 0 bridgehead atoms. The molecule has 10 heteroatoms. The third-order valence-corrected chi connectivity index (χ3v) is 8.03. The molecule has 0 N–H and O–H groups in total. The quantitative estimate of drug-likeness (QED) is 0.108. The van der Waals surface area contributed by atoms with E-state index in [1.807, 2.05) is 24.3 Å². The van der Waals surface area contributed by atoms with E-state index in [4.69, 9.17) is 24.4 Å². The molecule has 202 valence electrons. The molecule has 0 radical (unpaired) electrons. The van der Waals surface area contributed by atoms with Crippen LogP contribution >= 0.6 is 36.2 Å². The van der Waals surface area contributed by atoms with Crippen LogP contribution in [0.4, 0.5) is 5.69 Å². The first-order valence-corrected chi connectivity index (χ1v) is 14.6. The maximum atomic E-state index is 13.2. The van der Waals surface area contributed by atoms with Gasteiger partial charge in [-0.15, -0.1) is 0 Å². The van der Waals surface area contributed by atoms with Crippen LogP contribution in [0.25, 0.3) is 0 Å². The van der Waals surface area contributed by atoms with Crippen LogP contribution in [0.5, 0.6) is 0 Å². The number of benzene rings is 1. The number of isothiocyanates is 1. The molecule has 0 aromatic heterocycles. The van der Waals surface area contributed by atoms with Gasteiger partial charge in [-0.2, -0.15) is 5.01 Å². The Morgan fingerprint density at radius 2 is 1.61 bits per heavy atom. The third-order valence-electron chi connectivity index (χ3n) is 6.38. The summed E-state index contributed by atoms with van der Waals surface area (Å²) in [5.74, 6) is -0.639. The van der Waals surface area contributed by atoms with Gasteiger partial charge in [0.25, 0.3) is 11.8 Å². The SMILES string of the molecule is CCCCN1C(=O)C(=C/C=C/C=C2/Sc3ccccc3N2[N+](C)(C)CCN=C=S)C(=O)N(CCCC)C1=S. The average Bonchev–Trinajstić information content (AvgIpc) is 3.27. The van der Waals surface area contributed by atoms with Gasteiger partial charge in [0, 0.05) is 18.0 Å². The number of aliphatic imine (C=N–C) groups is 1. The highest BCUT2D eigenvalue weighted by atomic mass is 32.2. The number of carbonyl (C=O) groups excluding carboxylic acids is 2. The van der Waals surface area contributed by atoms with Crippen molar-refractivity contribution in [2.24, 2.45) is 4.99 Å². The zero-order chi connectivity index (χ0) is 27.7. The number of rotatable bonds is 12. The van der Waals surface area contributed by atoms with Gasteiger partial charge in [0.1, 0.15) is 29.4 Å². The Labute approximate surface area is 241 Å². The van der Waals surface area contributed by atoms with Crippen LogP contribution in [0, 0.1) is 0 Å². The van der Waals surface area contributed by atoms with E-state index in [-0.39, 0.29) is 17.4 Å². The highest BCUT2D eigenvalue weighted by Crippen LogP contribution is 2.47. The summed E-state index contributed by atoms with van der Waals surface area (Å²) >= 11 is 12.0. The van der Waals surface area contributed by atoms with Crippen LogP contribution in [-0.4, -0.2) is 76.8 Å². The molecular formula is C28H36N5O2S3+. The van der Waals surface area contributed by atoms with E-state index in [0.29, 0.717) is 29.3 Å². The molecular weight excluding hydrogens is 535 g/mol. The Morgan fingerprint density at radius 3 is 2.21 bits per heavy atom. The van der Waals surface area contributed by atoms with Crippen LogP contribution in [0.1, 0.15) is 39.5 Å². The minimum atomic E-state index is -0.320. The Balaban J connectivity index is 1.89. The van der Waals surface area contributed by atoms with Gasteiger partial charge in [-0.05, 0) is 61.6 Å². The third kappa shape index (κ3) is 6.87. The maximum absolute atomic E-state index is 13.2. The second-order valence-electron chi connectivity index (χ2n) is 9.57. The summed E-state index contributed by atoms with van der Waals surface area (Å²) in [6.45, 7) is 6.48. The number of thiocarbonyl (C=S) groups is 2. The standard InChI is InChI=1S/C28H36N5O2S3/c1-5-7-18-30-26(34)22(27(35)31(28(30)37)19-8-6-2)13-9-12-16-25-32(33(3,4)20-17-29-21-36)23-14-10-11-15-24(23)38-25/h9-16H,5-8,17-20H2,1-4H3/q+1/b12-9+,25-16+. The molecule has 0 unspecified atom stereocenters. The Bertz CT molecular complexity index is 1170. The van der Waals surface area contributed by atoms with Crippen molar-refractivity contribution in [3.8, 4) is 0 Å². The number of fused-ring (bicyclic) bond motifs is 1. The number of unbranched alkanes of at least 4 members (excludes halogenated alkanes) is 2. The molecule has 0 atom stereocenters. The van der Waals surface area contributed by atoms with Crippen molar-refractivity contribution in [3.63, 3.8) is 0 Å². The number of carbonyl (C=O) groups is 2. The van der Waals surface area contributed by atoms with Crippen LogP contribution in [0.2, 0.25) is 0 Å². The van der Waals surface area contributed by atoms with Crippen molar-refractivity contribution in [2.45, 2.75) is 44.4 Å². The van der Waals surface area contributed by atoms with Crippen molar-refractivity contribution < 1.29 is 14.2 Å². The number of allylic oxidation sites excluding steroid dienone is 4. The van der Waals surface area contributed by atoms with E-state index >= 15 is 0 Å². The lowest BCUT2D eigenvalue weighted by atomic mass is 10.1. The maximum Gasteiger partial charge on any atom is 0.265 e. The second-order valence-corrected chi connectivity index (χ2v) is 11.2. The van der Waals surface area contributed by atoms with E-state index in [9.17, 15) is 9.59 Å². The summed E-state index contributed by atoms with van der Waals surface area (Å²) in [5.41, 5.74) is 1.27. The lowest BCUT2D eigenvalue weighted by Crippen LogP contribution is -2.56. The fourth-order valence-corrected chi connectivity index (χ4v) is 5.88. The lowest BCUT2D eigenvalue weighted by molar-refractivity contribution is -0.893. The van der Waals surface area contributed by atoms with Gasteiger partial charge in [0.15, 0.2) is 5.11 Å². The van der Waals surface area contributed by atoms with Crippen LogP contribution in [0.3, 0.4) is 0 Å². The fraction of sp³-hybridized carbons (Fsp3) is 0.429. The van der Waals surface area contributed by atoms with E-state index in [2.05, 4.69) is 55.2 Å². The number of amides is 2. The predicted molar refractivity (Wildman–Crippen MR) is 163 cm³/mol. The molecule has 2 heterocycles. The average molecular weight is 571 g/mol. The van der Waals surface area contributed by atoms with Gasteiger partial charge in [0.05, 0.1) is 19.3 Å². The van der Waals surface area contributed by atoms with Crippen LogP contribution in [0.15, 0.2) is 69.1 Å². The summed E-state index contributed by atoms with van der Waals surface area (Å²) in [7, 11) is 4.25. The molecule has 3 rings (SSSR count). The van der Waals surface area contributed by atoms with Crippen molar-refractivity contribution >= 4 is 64.0 Å². The number of hydrogen-bond donors (Lipinski definition) is 0. The molecule has 0 saturated carbocycles. The van der Waals surface area contributed by atoms with E-state index in [0.717, 1.165) is 42.9 Å². The minimum Gasteiger partial charge on any atom is -0.285 e. The largest absolute Gasteiger partial charge is 0.285 e. The molecule has 1 fully saturated rings. The first-order chi connectivity index (χ1) is 18.3. The normalized spacial score (nSPS) is 17.1. The topological polar surface area (TPSA) is 56.2 Å². The molecule has 2 amide bonds. The van der Waals surface area contributed by atoms with E-state index in [1.54, 1.807) is 33.7 Å². The molecule has 0 spiro atoms. The van der Waals surface area contributed by atoms with E-state index < -0.39 is 0 Å². The predicted octanol–water partition coefficient (Wildman–Crippen LogP) is 5.57. The number of quaternary nitrogens is 1. The Kier molecular flexibility index (Phi) is 11.0. The number of hydrogen-bond acceptors (Lipinski definition) is 7. The van der Waals surface area contributed by atoms with Gasteiger partial charge in [-0.1, -0.05) is 62.7 Å². The highest BCUT2D eigenvalue weighted by molar-refractivity contribution is 8.03. The van der Waals surface area contributed by atoms with Gasteiger partial charge in [-0.25, -0.2) is 9.58 Å². The minimum absolute atomic E-state index is 0.147. The molecule has 38 heavy (non-hydrogen) atoms. The number of likely N-dealkylation sites (N-methyl/N-ethyl adjacent to an activating group) is 1. The van der Waals surface area contributed by atoms with Gasteiger partial charge < -0.3 is 0 Å². The van der Waals surface area contributed by atoms with Crippen molar-refractivity contribution in [3.05, 3.63) is 59.2 Å². The molecule has 0 aliphatic carbocycles. The molecule has 1 aromatic carbocycles. The van der Waals surface area contributed by atoms with Gasteiger partial charge in [-0.3, -0.25) is 19.4 Å². The number of anilines is 1. The van der Waals surface area contributed by atoms with Crippen LogP contribution in [-0.2, 0) is 9.59 Å². The lowest BCUT2D eigenvalue weighted by Gasteiger charge is -2.38. The highest BCUT2D eigenvalue weighted by Gasteiger charge is 2.39. The summed E-state index contributed by atoms with van der Waals surface area (Å²) in [6.07, 6.45) is 10.8. The number of thioether (sulfide) groups is 1. The fourth-order valence-electron chi connectivity index (χ4n) is 4.26. The van der Waals surface area contributed by atoms with Gasteiger partial charge >= 0.3 is 0 Å². The molecule has 1 saturated heterocycles. The Hall–Kier alpha value is -2.62. The number of nitrogens with zero attached hydrogens (tertiary/aromatic N) is 5. The van der Waals surface area contributed by atoms with Crippen LogP contribution < -0.4 is 5.01 Å². The van der Waals surface area contributed by atoms with Crippen molar-refractivity contribution in [1.82, 2.24) is 9.80 Å². The second kappa shape index (κ2) is 14.0. The summed E-state index contributed by atoms with van der Waals surface area (Å²) in [6, 6.07) is 8.27. The molecule has 2 aliphatic heterocycles. The number of para-hydroxylation sites is 1. The zero-order valence-corrected chi connectivity index (χ0v) is 25.0. The summed E-state index contributed by atoms with van der Waals surface area (Å²) in [5, 5.41) is 6.05. The molecule has 1 aromatic rings. The van der Waals surface area contributed by atoms with Crippen molar-refractivity contribution in [2.75, 3.05) is 45.3 Å². The summed E-state index contributed by atoms with van der Waals surface area (Å²) in [4.78, 5) is 34.8.